The molecule has 0 aliphatic rings. The Morgan fingerprint density at radius 2 is 0.822 bits per heavy atom. The zero-order valence-electron chi connectivity index (χ0n) is 30.2. The maximum Gasteiger partial charge on any atom is 0.307 e. The molecule has 0 amide bonds. The number of esters is 2. The van der Waals surface area contributed by atoms with E-state index in [1.165, 1.54) is 11.8 Å². The van der Waals surface area contributed by atoms with Crippen molar-refractivity contribution in [2.45, 2.75) is 155 Å². The Morgan fingerprint density at radius 3 is 1.04 bits per heavy atom. The summed E-state index contributed by atoms with van der Waals surface area (Å²) in [7, 11) is 0. The van der Waals surface area contributed by atoms with Crippen molar-refractivity contribution in [2.24, 2.45) is 0 Å². The third-order valence-electron chi connectivity index (χ3n) is 7.79. The zero-order chi connectivity index (χ0) is 34.7. The quantitative estimate of drug-likeness (QED) is 0.197. The summed E-state index contributed by atoms with van der Waals surface area (Å²) in [6, 6.07) is 7.96. The molecule has 0 bridgehead atoms. The topological polar surface area (TPSA) is 93.1 Å². The van der Waals surface area contributed by atoms with Gasteiger partial charge in [0.1, 0.15) is 22.4 Å². The Morgan fingerprint density at radius 1 is 0.578 bits per heavy atom. The van der Waals surface area contributed by atoms with Gasteiger partial charge in [-0.15, -0.1) is 0 Å². The number of ether oxygens (including phenoxy) is 2. The van der Waals surface area contributed by atoms with Crippen LogP contribution in [0.1, 0.15) is 143 Å². The van der Waals surface area contributed by atoms with E-state index < -0.39 is 10.9 Å². The standard InChI is InChI=1S/C38H58O6S/c1-23(43-31(39)17-15-25-19-27(35(3,4)5)33(41)28(20-25)36(6,7)8)45-24(2)44-32(40)18-16-26-21-29(37(9,10)11)34(42)30(22-26)38(12,13)14/h19-24,41-42H,15-18H2,1-14H3. The van der Waals surface area contributed by atoms with Crippen LogP contribution < -0.4 is 0 Å². The van der Waals surface area contributed by atoms with Gasteiger partial charge in [0.2, 0.25) is 0 Å². The molecule has 0 fully saturated rings. The first kappa shape index (κ1) is 38.5. The normalized spacial score (nSPS) is 14.2. The molecule has 2 aromatic carbocycles. The van der Waals surface area contributed by atoms with Gasteiger partial charge in [0.15, 0.2) is 0 Å². The lowest BCUT2D eigenvalue weighted by atomic mass is 9.78. The Balaban J connectivity index is 1.96. The lowest BCUT2D eigenvalue weighted by molar-refractivity contribution is -0.144. The molecule has 2 N–H and O–H groups in total. The second-order valence-electron chi connectivity index (χ2n) is 16.3. The molecule has 0 heterocycles. The van der Waals surface area contributed by atoms with Crippen molar-refractivity contribution in [3.05, 3.63) is 57.6 Å². The fraction of sp³-hybridized carbons (Fsp3) is 0.632. The number of phenolic OH excluding ortho intramolecular Hbond substituents is 2. The summed E-state index contributed by atoms with van der Waals surface area (Å²) in [6.45, 7) is 28.4. The lowest BCUT2D eigenvalue weighted by Crippen LogP contribution is -2.20. The molecule has 0 saturated heterocycles. The molecule has 45 heavy (non-hydrogen) atoms. The minimum absolute atomic E-state index is 0.205. The third-order valence-corrected chi connectivity index (χ3v) is 8.74. The van der Waals surface area contributed by atoms with Gasteiger partial charge >= 0.3 is 11.9 Å². The predicted molar refractivity (Wildman–Crippen MR) is 186 cm³/mol. The maximum atomic E-state index is 12.7. The van der Waals surface area contributed by atoms with Crippen molar-refractivity contribution >= 4 is 23.7 Å². The summed E-state index contributed by atoms with van der Waals surface area (Å²) in [5, 5.41) is 21.9. The van der Waals surface area contributed by atoms with E-state index in [1.807, 2.05) is 24.3 Å². The van der Waals surface area contributed by atoms with Gasteiger partial charge in [0.25, 0.3) is 0 Å². The van der Waals surface area contributed by atoms with Crippen molar-refractivity contribution in [1.82, 2.24) is 0 Å². The van der Waals surface area contributed by atoms with Gasteiger partial charge in [-0.2, -0.15) is 0 Å². The van der Waals surface area contributed by atoms with E-state index in [1.54, 1.807) is 13.8 Å². The minimum atomic E-state index is -0.490. The number of thioether (sulfide) groups is 1. The molecule has 0 saturated carbocycles. The van der Waals surface area contributed by atoms with Gasteiger partial charge in [0.05, 0.1) is 0 Å². The summed E-state index contributed by atoms with van der Waals surface area (Å²) in [6.07, 6.45) is 1.41. The summed E-state index contributed by atoms with van der Waals surface area (Å²) in [4.78, 5) is 25.5. The van der Waals surface area contributed by atoms with E-state index in [0.717, 1.165) is 33.4 Å². The first-order valence-electron chi connectivity index (χ1n) is 16.1. The molecule has 0 spiro atoms. The summed E-state index contributed by atoms with van der Waals surface area (Å²) in [5.41, 5.74) is 3.50. The fourth-order valence-corrected chi connectivity index (χ4v) is 6.14. The van der Waals surface area contributed by atoms with Crippen molar-refractivity contribution in [3.63, 3.8) is 0 Å². The van der Waals surface area contributed by atoms with Crippen LogP contribution in [0.4, 0.5) is 0 Å². The number of hydrogen-bond donors (Lipinski definition) is 2. The molecule has 2 atom stereocenters. The average molecular weight is 643 g/mol. The van der Waals surface area contributed by atoms with Gasteiger partial charge < -0.3 is 19.7 Å². The number of aryl methyl sites for hydroxylation is 2. The summed E-state index contributed by atoms with van der Waals surface area (Å²) < 4.78 is 11.3. The largest absolute Gasteiger partial charge is 0.507 e. The van der Waals surface area contributed by atoms with Gasteiger partial charge in [-0.25, -0.2) is 0 Å². The van der Waals surface area contributed by atoms with E-state index in [0.29, 0.717) is 24.3 Å². The third kappa shape index (κ3) is 11.3. The first-order chi connectivity index (χ1) is 20.3. The minimum Gasteiger partial charge on any atom is -0.507 e. The van der Waals surface area contributed by atoms with Crippen molar-refractivity contribution in [1.29, 1.82) is 0 Å². The van der Waals surface area contributed by atoms with Crippen LogP contribution in [0.15, 0.2) is 24.3 Å². The van der Waals surface area contributed by atoms with E-state index >= 15 is 0 Å². The van der Waals surface area contributed by atoms with Crippen molar-refractivity contribution < 1.29 is 29.3 Å². The number of benzene rings is 2. The zero-order valence-corrected chi connectivity index (χ0v) is 31.0. The summed E-state index contributed by atoms with van der Waals surface area (Å²) >= 11 is 1.27. The van der Waals surface area contributed by atoms with Crippen molar-refractivity contribution in [2.75, 3.05) is 0 Å². The predicted octanol–water partition coefficient (Wildman–Crippen LogP) is 9.36. The van der Waals surface area contributed by atoms with Crippen LogP contribution in [0.25, 0.3) is 0 Å². The van der Waals surface area contributed by atoms with Crippen LogP contribution in [-0.4, -0.2) is 33.0 Å². The monoisotopic (exact) mass is 642 g/mol. The maximum absolute atomic E-state index is 12.7. The molecule has 6 nitrogen and oxygen atoms in total. The second-order valence-corrected chi connectivity index (χ2v) is 17.9. The van der Waals surface area contributed by atoms with E-state index in [-0.39, 0.29) is 46.4 Å². The van der Waals surface area contributed by atoms with Gasteiger partial charge in [0, 0.05) is 12.8 Å². The van der Waals surface area contributed by atoms with Gasteiger partial charge in [-0.3, -0.25) is 9.59 Å². The van der Waals surface area contributed by atoms with Gasteiger partial charge in [-0.05, 0) is 81.7 Å². The highest BCUT2D eigenvalue weighted by Gasteiger charge is 2.28. The van der Waals surface area contributed by atoms with Gasteiger partial charge in [-0.1, -0.05) is 119 Å². The number of rotatable bonds is 10. The molecular weight excluding hydrogens is 584 g/mol. The van der Waals surface area contributed by atoms with Crippen LogP contribution in [0.5, 0.6) is 11.5 Å². The van der Waals surface area contributed by atoms with E-state index in [9.17, 15) is 19.8 Å². The summed E-state index contributed by atoms with van der Waals surface area (Å²) in [5.74, 6) is -0.00904. The molecule has 0 aliphatic carbocycles. The SMILES string of the molecule is CC(OC(=O)CCc1cc(C(C)(C)C)c(O)c(C(C)(C)C)c1)SC(C)OC(=O)CCc1cc(C(C)(C)C)c(O)c(C(C)(C)C)c1. The highest BCUT2D eigenvalue weighted by Crippen LogP contribution is 2.41. The molecule has 0 aliphatic heterocycles. The van der Waals surface area contributed by atoms with Crippen LogP contribution in [0.3, 0.4) is 0 Å². The van der Waals surface area contributed by atoms with Crippen LogP contribution >= 0.6 is 11.8 Å². The molecule has 252 valence electrons. The molecule has 7 heteroatoms. The first-order valence-corrected chi connectivity index (χ1v) is 17.0. The second kappa shape index (κ2) is 14.4. The number of carbonyl (C=O) groups is 2. The highest BCUT2D eigenvalue weighted by atomic mass is 32.2. The van der Waals surface area contributed by atoms with Crippen LogP contribution in [-0.2, 0) is 53.6 Å². The number of aromatic hydroxyl groups is 2. The molecular formula is C38H58O6S. The number of phenols is 2. The van der Waals surface area contributed by atoms with E-state index in [4.69, 9.17) is 9.47 Å². The van der Waals surface area contributed by atoms with E-state index in [2.05, 4.69) is 83.1 Å². The Kier molecular flexibility index (Phi) is 12.3. The smallest absolute Gasteiger partial charge is 0.307 e. The molecule has 0 aromatic heterocycles. The van der Waals surface area contributed by atoms with Crippen molar-refractivity contribution in [3.8, 4) is 11.5 Å². The number of hydrogen-bond acceptors (Lipinski definition) is 7. The Labute approximate surface area is 276 Å². The average Bonchev–Trinajstić information content (AvgIpc) is 2.84. The highest BCUT2D eigenvalue weighted by molar-refractivity contribution is 8.00. The fourth-order valence-electron chi connectivity index (χ4n) is 5.27. The van der Waals surface area contributed by atoms with Crippen LogP contribution in [0.2, 0.25) is 0 Å². The Hall–Kier alpha value is -2.67. The molecule has 0 radical (unpaired) electrons. The molecule has 2 aromatic rings. The molecule has 2 rings (SSSR count). The van der Waals surface area contributed by atoms with Crippen LogP contribution in [0, 0.1) is 0 Å². The number of carbonyl (C=O) groups excluding carboxylic acids is 2. The molecule has 2 unspecified atom stereocenters. The lowest BCUT2D eigenvalue weighted by Gasteiger charge is -2.28. The Bertz CT molecular complexity index is 1170.